The van der Waals surface area contributed by atoms with Crippen molar-refractivity contribution in [3.8, 4) is 34.5 Å². The molecule has 8 heteroatoms. The number of methoxy groups -OCH3 is 2. The molecule has 2 aromatic rings. The van der Waals surface area contributed by atoms with Crippen molar-refractivity contribution in [2.45, 2.75) is 19.5 Å². The van der Waals surface area contributed by atoms with E-state index in [2.05, 4.69) is 9.80 Å². The minimum atomic E-state index is 0.0211. The molecular formula is C20H26N2O6. The van der Waals surface area contributed by atoms with Crippen LogP contribution in [-0.2, 0) is 13.1 Å². The zero-order valence-electron chi connectivity index (χ0n) is 16.1. The van der Waals surface area contributed by atoms with E-state index in [0.29, 0.717) is 30.9 Å². The maximum absolute atomic E-state index is 10.3. The van der Waals surface area contributed by atoms with Gasteiger partial charge in [0.2, 0.25) is 0 Å². The number of rotatable bonds is 6. The molecule has 2 aromatic carbocycles. The first-order valence-electron chi connectivity index (χ1n) is 9.03. The van der Waals surface area contributed by atoms with Gasteiger partial charge in [-0.05, 0) is 18.6 Å². The molecule has 28 heavy (non-hydrogen) atoms. The normalized spacial score (nSPS) is 15.5. The second-order valence-corrected chi connectivity index (χ2v) is 6.91. The molecule has 0 atom stereocenters. The molecule has 0 spiro atoms. The topological polar surface area (TPSA) is 106 Å². The lowest BCUT2D eigenvalue weighted by atomic mass is 10.1. The van der Waals surface area contributed by atoms with Crippen LogP contribution >= 0.6 is 0 Å². The van der Waals surface area contributed by atoms with Crippen molar-refractivity contribution < 1.29 is 29.9 Å². The minimum absolute atomic E-state index is 0.0211. The highest BCUT2D eigenvalue weighted by Crippen LogP contribution is 2.36. The van der Waals surface area contributed by atoms with Crippen molar-refractivity contribution in [3.63, 3.8) is 0 Å². The zero-order valence-corrected chi connectivity index (χ0v) is 16.1. The molecule has 3 rings (SSSR count). The van der Waals surface area contributed by atoms with Gasteiger partial charge in [0.25, 0.3) is 0 Å². The van der Waals surface area contributed by atoms with E-state index < -0.39 is 0 Å². The Kier molecular flexibility index (Phi) is 6.01. The Morgan fingerprint density at radius 2 is 1.18 bits per heavy atom. The summed E-state index contributed by atoms with van der Waals surface area (Å²) in [4.78, 5) is 4.27. The molecule has 0 aromatic heterocycles. The molecule has 0 aliphatic carbocycles. The maximum atomic E-state index is 10.3. The number of hydrogen-bond acceptors (Lipinski definition) is 8. The molecule has 0 unspecified atom stereocenters. The lowest BCUT2D eigenvalue weighted by Crippen LogP contribution is -2.43. The summed E-state index contributed by atoms with van der Waals surface area (Å²) in [7, 11) is 2.88. The van der Waals surface area contributed by atoms with Gasteiger partial charge >= 0.3 is 0 Å². The van der Waals surface area contributed by atoms with Crippen LogP contribution in [0.5, 0.6) is 34.5 Å². The molecule has 1 saturated heterocycles. The van der Waals surface area contributed by atoms with Gasteiger partial charge in [0, 0.05) is 49.4 Å². The average molecular weight is 390 g/mol. The first-order valence-corrected chi connectivity index (χ1v) is 9.03. The molecule has 8 nitrogen and oxygen atoms in total. The predicted molar refractivity (Wildman–Crippen MR) is 103 cm³/mol. The van der Waals surface area contributed by atoms with Gasteiger partial charge in [0.05, 0.1) is 20.9 Å². The van der Waals surface area contributed by atoms with Crippen molar-refractivity contribution in [1.82, 2.24) is 9.80 Å². The molecular weight excluding hydrogens is 364 g/mol. The standard InChI is InChI=1S/C20H26N2O6/c1-27-17-8-15(23)6-13(19(17)25)10-21-4-3-5-22(12-21)11-14-7-16(24)9-18(28-2)20(14)26/h6-9,23-26H,3-5,10-12H2,1-2H3. The fraction of sp³-hybridized carbons (Fsp3) is 0.400. The highest BCUT2D eigenvalue weighted by molar-refractivity contribution is 5.51. The predicted octanol–water partition coefficient (Wildman–Crippen LogP) is 2.19. The fourth-order valence-corrected chi connectivity index (χ4v) is 3.53. The minimum Gasteiger partial charge on any atom is -0.508 e. The Balaban J connectivity index is 1.72. The molecule has 4 N–H and O–H groups in total. The van der Waals surface area contributed by atoms with Crippen LogP contribution in [0.1, 0.15) is 17.5 Å². The van der Waals surface area contributed by atoms with Gasteiger partial charge in [0.1, 0.15) is 11.5 Å². The van der Waals surface area contributed by atoms with E-state index in [-0.39, 0.29) is 34.5 Å². The van der Waals surface area contributed by atoms with Crippen molar-refractivity contribution in [2.75, 3.05) is 34.0 Å². The molecule has 0 saturated carbocycles. The van der Waals surface area contributed by atoms with Gasteiger partial charge in [-0.2, -0.15) is 0 Å². The summed E-state index contributed by atoms with van der Waals surface area (Å²) in [5, 5.41) is 40.3. The summed E-state index contributed by atoms with van der Waals surface area (Å²) in [6.07, 6.45) is 0.910. The van der Waals surface area contributed by atoms with E-state index in [9.17, 15) is 20.4 Å². The van der Waals surface area contributed by atoms with Crippen molar-refractivity contribution in [2.24, 2.45) is 0 Å². The largest absolute Gasteiger partial charge is 0.508 e. The average Bonchev–Trinajstić information content (AvgIpc) is 2.67. The highest BCUT2D eigenvalue weighted by atomic mass is 16.5. The van der Waals surface area contributed by atoms with Gasteiger partial charge < -0.3 is 29.9 Å². The van der Waals surface area contributed by atoms with E-state index in [4.69, 9.17) is 9.47 Å². The van der Waals surface area contributed by atoms with Gasteiger partial charge in [-0.1, -0.05) is 0 Å². The Morgan fingerprint density at radius 3 is 1.57 bits per heavy atom. The molecule has 1 aliphatic rings. The third kappa shape index (κ3) is 4.35. The Morgan fingerprint density at radius 1 is 0.750 bits per heavy atom. The first-order chi connectivity index (χ1) is 13.4. The van der Waals surface area contributed by atoms with Gasteiger partial charge in [0.15, 0.2) is 23.0 Å². The molecule has 0 bridgehead atoms. The molecule has 0 amide bonds. The molecule has 0 radical (unpaired) electrons. The third-order valence-electron chi connectivity index (χ3n) is 4.85. The Bertz CT molecular complexity index is 774. The number of benzene rings is 2. The SMILES string of the molecule is COc1cc(O)cc(CN2CCCN(Cc3cc(O)cc(OC)c3O)C2)c1O. The van der Waals surface area contributed by atoms with E-state index in [1.54, 1.807) is 0 Å². The van der Waals surface area contributed by atoms with Crippen molar-refractivity contribution in [3.05, 3.63) is 35.4 Å². The van der Waals surface area contributed by atoms with Gasteiger partial charge in [-0.3, -0.25) is 9.80 Å². The van der Waals surface area contributed by atoms with Crippen LogP contribution in [-0.4, -0.2) is 64.2 Å². The van der Waals surface area contributed by atoms with Crippen LogP contribution in [0.15, 0.2) is 24.3 Å². The summed E-state index contributed by atoms with van der Waals surface area (Å²) >= 11 is 0. The van der Waals surface area contributed by atoms with E-state index in [1.165, 1.54) is 38.5 Å². The smallest absolute Gasteiger partial charge is 0.164 e. The van der Waals surface area contributed by atoms with Crippen LogP contribution in [0.3, 0.4) is 0 Å². The molecule has 1 fully saturated rings. The maximum Gasteiger partial charge on any atom is 0.164 e. The third-order valence-corrected chi connectivity index (χ3v) is 4.85. The number of nitrogens with zero attached hydrogens (tertiary/aromatic N) is 2. The van der Waals surface area contributed by atoms with Gasteiger partial charge in [-0.25, -0.2) is 0 Å². The lowest BCUT2D eigenvalue weighted by molar-refractivity contribution is 0.0732. The van der Waals surface area contributed by atoms with E-state index in [0.717, 1.165) is 19.5 Å². The van der Waals surface area contributed by atoms with E-state index >= 15 is 0 Å². The number of phenolic OH excluding ortho intramolecular Hbond substituents is 4. The number of aromatic hydroxyl groups is 4. The quantitative estimate of drug-likeness (QED) is 0.556. The lowest BCUT2D eigenvalue weighted by Gasteiger charge is -2.36. The second-order valence-electron chi connectivity index (χ2n) is 6.91. The van der Waals surface area contributed by atoms with Crippen LogP contribution < -0.4 is 9.47 Å². The fourth-order valence-electron chi connectivity index (χ4n) is 3.53. The summed E-state index contributed by atoms with van der Waals surface area (Å²) in [6.45, 7) is 3.17. The van der Waals surface area contributed by atoms with Crippen LogP contribution in [0.2, 0.25) is 0 Å². The Labute approximate surface area is 163 Å². The highest BCUT2D eigenvalue weighted by Gasteiger charge is 2.22. The second kappa shape index (κ2) is 8.45. The zero-order chi connectivity index (χ0) is 20.3. The van der Waals surface area contributed by atoms with Crippen LogP contribution in [0.25, 0.3) is 0 Å². The summed E-state index contributed by atoms with van der Waals surface area (Å²) in [5.41, 5.74) is 1.17. The number of phenols is 4. The first kappa shape index (κ1) is 19.9. The van der Waals surface area contributed by atoms with E-state index in [1.807, 2.05) is 0 Å². The monoisotopic (exact) mass is 390 g/mol. The van der Waals surface area contributed by atoms with Crippen molar-refractivity contribution >= 4 is 0 Å². The molecule has 1 heterocycles. The Hall–Kier alpha value is -2.84. The van der Waals surface area contributed by atoms with Crippen LogP contribution in [0.4, 0.5) is 0 Å². The number of hydrogen-bond donors (Lipinski definition) is 4. The summed E-state index contributed by atoms with van der Waals surface area (Å²) in [5.74, 6) is 0.590. The summed E-state index contributed by atoms with van der Waals surface area (Å²) in [6, 6.07) is 5.81. The molecule has 152 valence electrons. The number of ether oxygens (including phenoxy) is 2. The van der Waals surface area contributed by atoms with Gasteiger partial charge in [-0.15, -0.1) is 0 Å². The summed E-state index contributed by atoms with van der Waals surface area (Å²) < 4.78 is 10.2. The molecule has 1 aliphatic heterocycles. The van der Waals surface area contributed by atoms with Crippen LogP contribution in [0, 0.1) is 0 Å². The van der Waals surface area contributed by atoms with Crippen molar-refractivity contribution in [1.29, 1.82) is 0 Å².